The van der Waals surface area contributed by atoms with Crippen molar-refractivity contribution in [2.75, 3.05) is 47.5 Å². The molecule has 0 radical (unpaired) electrons. The summed E-state index contributed by atoms with van der Waals surface area (Å²) >= 11 is 1.40. The fraction of sp³-hybridized carbons (Fsp3) is 0.400. The molecule has 0 unspecified atom stereocenters. The van der Waals surface area contributed by atoms with Crippen LogP contribution in [-0.4, -0.2) is 83.4 Å². The number of amides is 1. The maximum Gasteiger partial charge on any atom is 0.266 e. The van der Waals surface area contributed by atoms with Crippen LogP contribution < -0.4 is 14.2 Å². The molecule has 31 heavy (non-hydrogen) atoms. The molecule has 4 rings (SSSR count). The van der Waals surface area contributed by atoms with Crippen molar-refractivity contribution < 1.29 is 19.0 Å². The molecule has 3 aromatic rings. The van der Waals surface area contributed by atoms with Gasteiger partial charge in [0.05, 0.1) is 27.0 Å². The van der Waals surface area contributed by atoms with Gasteiger partial charge >= 0.3 is 0 Å². The lowest BCUT2D eigenvalue weighted by atomic mass is 10.1. The van der Waals surface area contributed by atoms with Crippen LogP contribution in [0, 0.1) is 0 Å². The van der Waals surface area contributed by atoms with Gasteiger partial charge in [-0.3, -0.25) is 9.69 Å². The van der Waals surface area contributed by atoms with Crippen LogP contribution in [0.5, 0.6) is 17.2 Å². The van der Waals surface area contributed by atoms with E-state index in [0.29, 0.717) is 47.4 Å². The molecule has 0 aliphatic carbocycles. The molecule has 164 valence electrons. The number of nitrogens with zero attached hydrogens (tertiary/aromatic N) is 6. The summed E-state index contributed by atoms with van der Waals surface area (Å²) in [6.45, 7) is 3.49. The molecule has 1 aliphatic heterocycles. The van der Waals surface area contributed by atoms with Crippen molar-refractivity contribution >= 4 is 17.2 Å². The molecule has 1 saturated heterocycles. The molecule has 0 atom stereocenters. The van der Waals surface area contributed by atoms with Crippen molar-refractivity contribution in [3.05, 3.63) is 40.3 Å². The molecule has 3 heterocycles. The van der Waals surface area contributed by atoms with Gasteiger partial charge in [0, 0.05) is 38.3 Å². The predicted molar refractivity (Wildman–Crippen MR) is 114 cm³/mol. The average molecular weight is 445 g/mol. The number of tetrazole rings is 1. The van der Waals surface area contributed by atoms with Crippen LogP contribution >= 0.6 is 11.3 Å². The third kappa shape index (κ3) is 4.19. The quantitative estimate of drug-likeness (QED) is 0.544. The number of rotatable bonds is 7. The minimum atomic E-state index is 0.00356. The summed E-state index contributed by atoms with van der Waals surface area (Å²) in [5.41, 5.74) is 1.72. The summed E-state index contributed by atoms with van der Waals surface area (Å²) in [6.07, 6.45) is 1.49. The topological polar surface area (TPSA) is 94.8 Å². The van der Waals surface area contributed by atoms with Crippen LogP contribution in [0.2, 0.25) is 0 Å². The molecule has 0 saturated carbocycles. The van der Waals surface area contributed by atoms with Gasteiger partial charge in [-0.25, -0.2) is 0 Å². The van der Waals surface area contributed by atoms with Gasteiger partial charge in [0.15, 0.2) is 11.5 Å². The summed E-state index contributed by atoms with van der Waals surface area (Å²) in [5, 5.41) is 13.1. The van der Waals surface area contributed by atoms with E-state index in [-0.39, 0.29) is 5.91 Å². The lowest BCUT2D eigenvalue weighted by Crippen LogP contribution is -2.48. The van der Waals surface area contributed by atoms with E-state index >= 15 is 0 Å². The predicted octanol–water partition coefficient (Wildman–Crippen LogP) is 1.71. The van der Waals surface area contributed by atoms with Crippen molar-refractivity contribution in [3.8, 4) is 22.9 Å². The fourth-order valence-electron chi connectivity index (χ4n) is 3.70. The third-order valence-electron chi connectivity index (χ3n) is 5.27. The van der Waals surface area contributed by atoms with E-state index in [2.05, 4.69) is 20.4 Å². The van der Waals surface area contributed by atoms with Gasteiger partial charge in [-0.05, 0) is 27.9 Å². The second kappa shape index (κ2) is 9.31. The number of carbonyl (C=O) groups excluding carboxylic acids is 1. The number of aromatic nitrogens is 4. The number of carbonyl (C=O) groups is 1. The van der Waals surface area contributed by atoms with E-state index in [9.17, 15) is 4.79 Å². The SMILES string of the molecule is COc1ccc(CN2CCN(C(=O)c3sccc3-n3cnnn3)CC2)c(OC)c1OC. The number of hydrogen-bond acceptors (Lipinski definition) is 9. The first-order valence-corrected chi connectivity index (χ1v) is 10.6. The van der Waals surface area contributed by atoms with Gasteiger partial charge in [0.25, 0.3) is 5.91 Å². The summed E-state index contributed by atoms with van der Waals surface area (Å²) in [7, 11) is 4.83. The van der Waals surface area contributed by atoms with Crippen molar-refractivity contribution in [1.82, 2.24) is 30.0 Å². The zero-order valence-corrected chi connectivity index (χ0v) is 18.5. The first-order chi connectivity index (χ1) is 15.2. The standard InChI is InChI=1S/C20H24N6O4S/c1-28-16-5-4-14(17(29-2)18(16)30-3)12-24-7-9-25(10-8-24)20(27)19-15(6-11-31-19)26-13-21-22-23-26/h4-6,11,13H,7-10,12H2,1-3H3. The van der Waals surface area contributed by atoms with E-state index < -0.39 is 0 Å². The molecule has 2 aromatic heterocycles. The molecule has 1 fully saturated rings. The largest absolute Gasteiger partial charge is 0.493 e. The Morgan fingerprint density at radius 2 is 1.81 bits per heavy atom. The van der Waals surface area contributed by atoms with Crippen LogP contribution in [0.15, 0.2) is 29.9 Å². The Morgan fingerprint density at radius 3 is 2.45 bits per heavy atom. The highest BCUT2D eigenvalue weighted by Gasteiger charge is 2.26. The summed E-state index contributed by atoms with van der Waals surface area (Å²) in [4.78, 5) is 17.9. The Hall–Kier alpha value is -3.18. The van der Waals surface area contributed by atoms with Crippen LogP contribution in [0.1, 0.15) is 15.2 Å². The monoisotopic (exact) mass is 444 g/mol. The Balaban J connectivity index is 1.42. The number of methoxy groups -OCH3 is 3. The minimum Gasteiger partial charge on any atom is -0.493 e. The van der Waals surface area contributed by atoms with Gasteiger partial charge in [-0.15, -0.1) is 16.4 Å². The first kappa shape index (κ1) is 21.1. The lowest BCUT2D eigenvalue weighted by molar-refractivity contribution is 0.0632. The third-order valence-corrected chi connectivity index (χ3v) is 6.17. The number of benzene rings is 1. The number of ether oxygens (including phenoxy) is 3. The van der Waals surface area contributed by atoms with Crippen molar-refractivity contribution in [2.45, 2.75) is 6.54 Å². The van der Waals surface area contributed by atoms with Crippen LogP contribution in [0.3, 0.4) is 0 Å². The molecular formula is C20H24N6O4S. The van der Waals surface area contributed by atoms with Gasteiger partial charge in [-0.2, -0.15) is 4.68 Å². The number of thiophene rings is 1. The highest BCUT2D eigenvalue weighted by Crippen LogP contribution is 2.40. The van der Waals surface area contributed by atoms with E-state index in [1.54, 1.807) is 21.3 Å². The number of piperazine rings is 1. The summed E-state index contributed by atoms with van der Waals surface area (Å²) < 4.78 is 18.0. The second-order valence-corrected chi connectivity index (χ2v) is 7.87. The highest BCUT2D eigenvalue weighted by atomic mass is 32.1. The van der Waals surface area contributed by atoms with E-state index in [4.69, 9.17) is 14.2 Å². The van der Waals surface area contributed by atoms with Crippen LogP contribution in [-0.2, 0) is 6.54 Å². The lowest BCUT2D eigenvalue weighted by Gasteiger charge is -2.35. The van der Waals surface area contributed by atoms with E-state index in [1.807, 2.05) is 28.5 Å². The Labute approximate surface area is 183 Å². The Bertz CT molecular complexity index is 1030. The molecule has 0 N–H and O–H groups in total. The summed E-state index contributed by atoms with van der Waals surface area (Å²) in [6, 6.07) is 5.73. The summed E-state index contributed by atoms with van der Waals surface area (Å²) in [5.74, 6) is 1.89. The number of hydrogen-bond donors (Lipinski definition) is 0. The van der Waals surface area contributed by atoms with Crippen LogP contribution in [0.25, 0.3) is 5.69 Å². The van der Waals surface area contributed by atoms with E-state index in [1.165, 1.54) is 22.3 Å². The maximum atomic E-state index is 13.1. The molecule has 1 amide bonds. The minimum absolute atomic E-state index is 0.00356. The molecule has 10 nitrogen and oxygen atoms in total. The Morgan fingerprint density at radius 1 is 1.03 bits per heavy atom. The Kier molecular flexibility index (Phi) is 6.33. The van der Waals surface area contributed by atoms with Gasteiger partial charge in [0.2, 0.25) is 5.75 Å². The smallest absolute Gasteiger partial charge is 0.266 e. The van der Waals surface area contributed by atoms with Gasteiger partial charge in [0.1, 0.15) is 11.2 Å². The molecule has 0 spiro atoms. The van der Waals surface area contributed by atoms with Gasteiger partial charge < -0.3 is 19.1 Å². The van der Waals surface area contributed by atoms with Crippen molar-refractivity contribution in [3.63, 3.8) is 0 Å². The molecule has 1 aromatic carbocycles. The zero-order chi connectivity index (χ0) is 21.8. The molecule has 11 heteroatoms. The van der Waals surface area contributed by atoms with Gasteiger partial charge in [-0.1, -0.05) is 6.07 Å². The average Bonchev–Trinajstić information content (AvgIpc) is 3.50. The molecule has 1 aliphatic rings. The van der Waals surface area contributed by atoms with E-state index in [0.717, 1.165) is 18.7 Å². The molecular weight excluding hydrogens is 420 g/mol. The molecule has 0 bridgehead atoms. The second-order valence-electron chi connectivity index (χ2n) is 6.95. The normalized spacial score (nSPS) is 14.5. The maximum absolute atomic E-state index is 13.1. The zero-order valence-electron chi connectivity index (χ0n) is 17.6. The highest BCUT2D eigenvalue weighted by molar-refractivity contribution is 7.12. The fourth-order valence-corrected chi connectivity index (χ4v) is 4.54. The van der Waals surface area contributed by atoms with Crippen molar-refractivity contribution in [2.24, 2.45) is 0 Å². The van der Waals surface area contributed by atoms with Crippen molar-refractivity contribution in [1.29, 1.82) is 0 Å². The van der Waals surface area contributed by atoms with Crippen LogP contribution in [0.4, 0.5) is 0 Å². The first-order valence-electron chi connectivity index (χ1n) is 9.76.